The number of hydrogen-bond acceptors (Lipinski definition) is 10. The highest BCUT2D eigenvalue weighted by atomic mass is 16.7. The van der Waals surface area contributed by atoms with Gasteiger partial charge in [-0.15, -0.1) is 0 Å². The van der Waals surface area contributed by atoms with Crippen molar-refractivity contribution in [2.24, 2.45) is 0 Å². The Morgan fingerprint density at radius 3 is 2.57 bits per heavy atom. The molecule has 4 aliphatic heterocycles. The average Bonchev–Trinajstić information content (AvgIpc) is 3.59. The molecule has 11 heteroatoms. The molecule has 2 bridgehead atoms. The van der Waals surface area contributed by atoms with E-state index < -0.39 is 24.5 Å². The second-order valence-corrected chi connectivity index (χ2v) is 13.1. The van der Waals surface area contributed by atoms with E-state index in [9.17, 15) is 19.8 Å². The summed E-state index contributed by atoms with van der Waals surface area (Å²) < 4.78 is 23.1. The van der Waals surface area contributed by atoms with Crippen molar-refractivity contribution in [3.8, 4) is 23.0 Å². The fourth-order valence-electron chi connectivity index (χ4n) is 8.07. The standard InChI is InChI=1S/C38H41N3O8/c1-6-14-46-38(45)49-34-22(4)35-36(48-19-47-35)31-25(34)17-26-32-30-24(15-20(2)21(3)33(30)43)16-27(40(32)5)37(44)41(26)28(31)18-39-29(42)13-12-23-10-8-7-9-11-23/h6-13,15,26-28,32,37,43-44H,1,14,16-19H2,2-5H3,(H,39,42)/b13-12+/t26?,27-,28+,32+,37+/m1/s1. The van der Waals surface area contributed by atoms with Crippen LogP contribution in [0.1, 0.15) is 56.6 Å². The Hall–Kier alpha value is -4.84. The van der Waals surface area contributed by atoms with Gasteiger partial charge in [0.15, 0.2) is 11.5 Å². The van der Waals surface area contributed by atoms with E-state index in [0.717, 1.165) is 27.8 Å². The normalized spacial score (nSPS) is 23.7. The van der Waals surface area contributed by atoms with Gasteiger partial charge in [0, 0.05) is 40.9 Å². The van der Waals surface area contributed by atoms with E-state index in [2.05, 4.69) is 22.9 Å². The lowest BCUT2D eigenvalue weighted by Gasteiger charge is -2.60. The van der Waals surface area contributed by atoms with Gasteiger partial charge in [0.05, 0.1) is 18.1 Å². The SMILES string of the molecule is C=CCOC(=O)Oc1c(C)c2c(c3c1CC1[C@H]4c5c(cc(C)c(C)c5O)C[C@H]([C@H](O)N1[C@H]3CNC(=O)/C=C/c1ccccc1)N4C)OCO2. The Morgan fingerprint density at radius 1 is 1.06 bits per heavy atom. The van der Waals surface area contributed by atoms with Gasteiger partial charge in [-0.05, 0) is 69.0 Å². The predicted octanol–water partition coefficient (Wildman–Crippen LogP) is 4.77. The number of amides is 1. The van der Waals surface area contributed by atoms with Crippen LogP contribution in [0.15, 0.2) is 55.1 Å². The highest BCUT2D eigenvalue weighted by molar-refractivity contribution is 5.91. The Bertz CT molecular complexity index is 1860. The number of likely N-dealkylation sites (N-methyl/N-ethyl adjacent to an activating group) is 1. The fraction of sp³-hybridized carbons (Fsp3) is 0.368. The minimum Gasteiger partial charge on any atom is -0.507 e. The summed E-state index contributed by atoms with van der Waals surface area (Å²) in [6, 6.07) is 10.0. The number of aliphatic hydroxyl groups is 1. The van der Waals surface area contributed by atoms with Crippen molar-refractivity contribution in [3.05, 3.63) is 99.6 Å². The number of aliphatic hydroxyl groups excluding tert-OH is 1. The lowest BCUT2D eigenvalue weighted by Crippen LogP contribution is -2.69. The number of ether oxygens (including phenoxy) is 4. The first-order valence-electron chi connectivity index (χ1n) is 16.5. The lowest BCUT2D eigenvalue weighted by atomic mass is 9.73. The molecule has 11 nitrogen and oxygen atoms in total. The van der Waals surface area contributed by atoms with Crippen molar-refractivity contribution in [2.45, 2.75) is 64.0 Å². The van der Waals surface area contributed by atoms with Crippen molar-refractivity contribution < 1.29 is 38.7 Å². The molecule has 3 aromatic carbocycles. The van der Waals surface area contributed by atoms with Gasteiger partial charge >= 0.3 is 6.16 Å². The molecule has 1 amide bonds. The van der Waals surface area contributed by atoms with E-state index in [1.807, 2.05) is 56.1 Å². The molecule has 0 saturated carbocycles. The van der Waals surface area contributed by atoms with Gasteiger partial charge in [-0.2, -0.15) is 0 Å². The number of aryl methyl sites for hydroxylation is 1. The second-order valence-electron chi connectivity index (χ2n) is 13.1. The smallest absolute Gasteiger partial charge is 0.507 e. The third-order valence-corrected chi connectivity index (χ3v) is 10.5. The van der Waals surface area contributed by atoms with Crippen LogP contribution < -0.4 is 19.5 Å². The zero-order valence-corrected chi connectivity index (χ0v) is 28.1. The van der Waals surface area contributed by atoms with Gasteiger partial charge in [-0.25, -0.2) is 4.79 Å². The summed E-state index contributed by atoms with van der Waals surface area (Å²) in [4.78, 5) is 30.4. The zero-order chi connectivity index (χ0) is 34.6. The van der Waals surface area contributed by atoms with Gasteiger partial charge in [0.25, 0.3) is 0 Å². The van der Waals surface area contributed by atoms with Crippen LogP contribution in [-0.2, 0) is 22.4 Å². The lowest BCUT2D eigenvalue weighted by molar-refractivity contribution is -0.172. The summed E-state index contributed by atoms with van der Waals surface area (Å²) in [6.07, 6.45) is 3.70. The molecule has 1 saturated heterocycles. The molecule has 1 unspecified atom stereocenters. The van der Waals surface area contributed by atoms with Crippen molar-refractivity contribution in [1.82, 2.24) is 15.1 Å². The van der Waals surface area contributed by atoms with Gasteiger partial charge in [-0.1, -0.05) is 49.1 Å². The molecule has 3 N–H and O–H groups in total. The highest BCUT2D eigenvalue weighted by Crippen LogP contribution is 2.57. The number of phenols is 1. The summed E-state index contributed by atoms with van der Waals surface area (Å²) in [5.41, 5.74) is 6.43. The van der Waals surface area contributed by atoms with E-state index in [1.54, 1.807) is 13.0 Å². The number of aromatic hydroxyl groups is 1. The van der Waals surface area contributed by atoms with Gasteiger partial charge in [-0.3, -0.25) is 14.6 Å². The maximum absolute atomic E-state index is 13.3. The Balaban J connectivity index is 1.36. The van der Waals surface area contributed by atoms with Gasteiger partial charge in [0.2, 0.25) is 12.7 Å². The van der Waals surface area contributed by atoms with Gasteiger partial charge < -0.3 is 34.5 Å². The van der Waals surface area contributed by atoms with Crippen molar-refractivity contribution in [1.29, 1.82) is 0 Å². The van der Waals surface area contributed by atoms with Crippen LogP contribution >= 0.6 is 0 Å². The molecule has 49 heavy (non-hydrogen) atoms. The molecule has 1 fully saturated rings. The summed E-state index contributed by atoms with van der Waals surface area (Å²) >= 11 is 0. The average molecular weight is 668 g/mol. The topological polar surface area (TPSA) is 130 Å². The van der Waals surface area contributed by atoms with Crippen molar-refractivity contribution in [2.75, 3.05) is 27.0 Å². The molecule has 4 heterocycles. The molecule has 0 radical (unpaired) electrons. The first kappa shape index (κ1) is 32.7. The van der Waals surface area contributed by atoms with Crippen LogP contribution in [-0.4, -0.2) is 77.4 Å². The quantitative estimate of drug-likeness (QED) is 0.140. The van der Waals surface area contributed by atoms with Crippen LogP contribution in [0, 0.1) is 20.8 Å². The number of phenolic OH excluding ortho intramolecular Hbond substituents is 1. The number of piperazine rings is 1. The van der Waals surface area contributed by atoms with Crippen LogP contribution in [0.25, 0.3) is 6.08 Å². The minimum absolute atomic E-state index is 0.0263. The molecular formula is C38H41N3O8. The molecule has 0 spiro atoms. The number of benzene rings is 3. The summed E-state index contributed by atoms with van der Waals surface area (Å²) in [7, 11) is 1.98. The summed E-state index contributed by atoms with van der Waals surface area (Å²) in [6.45, 7) is 9.34. The first-order valence-corrected chi connectivity index (χ1v) is 16.5. The van der Waals surface area contributed by atoms with E-state index >= 15 is 0 Å². The molecule has 3 aromatic rings. The summed E-state index contributed by atoms with van der Waals surface area (Å²) in [5.74, 6) is 1.14. The van der Waals surface area contributed by atoms with E-state index in [4.69, 9.17) is 18.9 Å². The molecule has 0 aromatic heterocycles. The number of carbonyl (C=O) groups excluding carboxylic acids is 2. The molecule has 5 atom stereocenters. The van der Waals surface area contributed by atoms with E-state index in [1.165, 1.54) is 12.2 Å². The number of rotatable bonds is 7. The Kier molecular flexibility index (Phi) is 8.60. The molecule has 256 valence electrons. The molecular weight excluding hydrogens is 626 g/mol. The number of nitrogens with zero attached hydrogens (tertiary/aromatic N) is 2. The third kappa shape index (κ3) is 5.51. The van der Waals surface area contributed by atoms with Crippen LogP contribution in [0.5, 0.6) is 23.0 Å². The molecule has 4 aliphatic rings. The molecule has 0 aliphatic carbocycles. The maximum atomic E-state index is 13.3. The van der Waals surface area contributed by atoms with Crippen LogP contribution in [0.4, 0.5) is 4.79 Å². The second kappa shape index (κ2) is 12.9. The Morgan fingerprint density at radius 2 is 1.82 bits per heavy atom. The van der Waals surface area contributed by atoms with E-state index in [-0.39, 0.29) is 49.4 Å². The summed E-state index contributed by atoms with van der Waals surface area (Å²) in [5, 5.41) is 26.9. The predicted molar refractivity (Wildman–Crippen MR) is 182 cm³/mol. The number of carbonyl (C=O) groups is 2. The first-order chi connectivity index (χ1) is 23.6. The van der Waals surface area contributed by atoms with Crippen LogP contribution in [0.3, 0.4) is 0 Å². The van der Waals surface area contributed by atoms with Crippen molar-refractivity contribution >= 4 is 18.1 Å². The monoisotopic (exact) mass is 667 g/mol. The molecule has 7 rings (SSSR count). The number of nitrogens with one attached hydrogen (secondary N) is 1. The van der Waals surface area contributed by atoms with Gasteiger partial charge in [0.1, 0.15) is 24.3 Å². The van der Waals surface area contributed by atoms with Crippen LogP contribution in [0.2, 0.25) is 0 Å². The number of fused-ring (bicyclic) bond motifs is 9. The van der Waals surface area contributed by atoms with Crippen molar-refractivity contribution in [3.63, 3.8) is 0 Å². The number of hydrogen-bond donors (Lipinski definition) is 3. The minimum atomic E-state index is -0.945. The van der Waals surface area contributed by atoms with E-state index in [0.29, 0.717) is 41.0 Å². The zero-order valence-electron chi connectivity index (χ0n) is 28.1. The Labute approximate surface area is 285 Å². The maximum Gasteiger partial charge on any atom is 0.514 e. The largest absolute Gasteiger partial charge is 0.514 e. The third-order valence-electron chi connectivity index (χ3n) is 10.5. The highest BCUT2D eigenvalue weighted by Gasteiger charge is 2.56. The fourth-order valence-corrected chi connectivity index (χ4v) is 8.07.